The number of nitrogens with zero attached hydrogens (tertiary/aromatic N) is 2. The van der Waals surface area contributed by atoms with Gasteiger partial charge in [0.25, 0.3) is 0 Å². The molecule has 0 amide bonds. The first-order chi connectivity index (χ1) is 20.7. The molecule has 44 heavy (non-hydrogen) atoms. The molecule has 0 aliphatic carbocycles. The summed E-state index contributed by atoms with van der Waals surface area (Å²) in [4.78, 5) is 14.1. The average Bonchev–Trinajstić information content (AvgIpc) is 3.10. The highest BCUT2D eigenvalue weighted by atomic mass is 32.2. The molecular formula is C35H38N2O5S2. The molecule has 0 radical (unpaired) electrons. The molecule has 1 heterocycles. The second-order valence-corrected chi connectivity index (χ2v) is 15.5. The standard InChI is InChI=1S/C35H38N2O5S2/c1-23-17-25(3)34(26(4)18-23)43(39,40)36-21-31(38)22-37(44(41,42)35-27(5)19-24(2)20-28(35)6)33(30-15-11-8-12-16-30)32(36)29-13-9-7-10-14-29/h7-20,32-33H,21-22H2,1-6H3/t32-,33-/m0/s1. The number of aryl methyl sites for hydroxylation is 6. The van der Waals surface area contributed by atoms with Crippen LogP contribution in [0.4, 0.5) is 0 Å². The summed E-state index contributed by atoms with van der Waals surface area (Å²) < 4.78 is 61.5. The smallest absolute Gasteiger partial charge is 0.244 e. The lowest BCUT2D eigenvalue weighted by Gasteiger charge is -2.39. The number of carbonyl (C=O) groups excluding carboxylic acids is 1. The van der Waals surface area contributed by atoms with Crippen molar-refractivity contribution >= 4 is 25.8 Å². The van der Waals surface area contributed by atoms with Gasteiger partial charge in [0.2, 0.25) is 20.0 Å². The summed E-state index contributed by atoms with van der Waals surface area (Å²) >= 11 is 0. The first-order valence-corrected chi connectivity index (χ1v) is 17.4. The molecule has 9 heteroatoms. The molecule has 1 fully saturated rings. The molecule has 1 aliphatic rings. The van der Waals surface area contributed by atoms with Crippen LogP contribution in [0.5, 0.6) is 0 Å². The van der Waals surface area contributed by atoms with E-state index in [1.165, 1.54) is 8.61 Å². The van der Waals surface area contributed by atoms with Gasteiger partial charge < -0.3 is 0 Å². The van der Waals surface area contributed by atoms with Crippen LogP contribution in [-0.4, -0.2) is 44.3 Å². The van der Waals surface area contributed by atoms with Gasteiger partial charge in [0.15, 0.2) is 5.78 Å². The van der Waals surface area contributed by atoms with Crippen LogP contribution in [0.2, 0.25) is 0 Å². The first kappa shape index (κ1) is 31.8. The average molecular weight is 631 g/mol. The molecule has 0 spiro atoms. The van der Waals surface area contributed by atoms with Gasteiger partial charge in [0, 0.05) is 0 Å². The van der Waals surface area contributed by atoms with E-state index in [-0.39, 0.29) is 9.79 Å². The lowest BCUT2D eigenvalue weighted by Crippen LogP contribution is -2.43. The fraction of sp³-hybridized carbons (Fsp3) is 0.286. The van der Waals surface area contributed by atoms with E-state index in [1.807, 2.05) is 50.2 Å². The van der Waals surface area contributed by atoms with E-state index < -0.39 is 51.0 Å². The summed E-state index contributed by atoms with van der Waals surface area (Å²) in [5.74, 6) is -0.513. The van der Waals surface area contributed by atoms with E-state index >= 15 is 0 Å². The van der Waals surface area contributed by atoms with E-state index in [9.17, 15) is 21.6 Å². The fourth-order valence-electron chi connectivity index (χ4n) is 6.76. The maximum absolute atomic E-state index is 14.8. The fourth-order valence-corrected chi connectivity index (χ4v) is 10.8. The number of sulfonamides is 2. The molecule has 0 saturated carbocycles. The predicted molar refractivity (Wildman–Crippen MR) is 172 cm³/mol. The molecule has 5 rings (SSSR count). The van der Waals surface area contributed by atoms with Crippen molar-refractivity contribution in [1.82, 2.24) is 8.61 Å². The maximum atomic E-state index is 14.8. The van der Waals surface area contributed by atoms with Crippen LogP contribution in [0, 0.1) is 41.5 Å². The summed E-state index contributed by atoms with van der Waals surface area (Å²) in [6.45, 7) is 9.85. The molecule has 0 N–H and O–H groups in total. The minimum absolute atomic E-state index is 0.130. The van der Waals surface area contributed by atoms with Crippen molar-refractivity contribution in [2.24, 2.45) is 0 Å². The van der Waals surface area contributed by atoms with Crippen LogP contribution < -0.4 is 0 Å². The number of hydrogen-bond acceptors (Lipinski definition) is 5. The lowest BCUT2D eigenvalue weighted by molar-refractivity contribution is -0.118. The van der Waals surface area contributed by atoms with Gasteiger partial charge in [0.1, 0.15) is 0 Å². The van der Waals surface area contributed by atoms with Crippen molar-refractivity contribution in [3.63, 3.8) is 0 Å². The predicted octanol–water partition coefficient (Wildman–Crippen LogP) is 6.28. The Morgan fingerprint density at radius 1 is 0.523 bits per heavy atom. The SMILES string of the molecule is Cc1cc(C)c(S(=O)(=O)N2CC(=O)CN(S(=O)(=O)c3c(C)cc(C)cc3C)[C@@H](c3ccccc3)[C@@H]2c2ccccc2)c(C)c1. The molecular weight excluding hydrogens is 593 g/mol. The van der Waals surface area contributed by atoms with Crippen molar-refractivity contribution in [2.75, 3.05) is 13.1 Å². The van der Waals surface area contributed by atoms with Crippen LogP contribution in [0.15, 0.2) is 94.7 Å². The number of benzene rings is 4. The Morgan fingerprint density at radius 2 is 0.818 bits per heavy atom. The van der Waals surface area contributed by atoms with Gasteiger partial charge in [-0.25, -0.2) is 16.8 Å². The minimum atomic E-state index is -4.30. The molecule has 0 unspecified atom stereocenters. The summed E-state index contributed by atoms with van der Waals surface area (Å²) in [7, 11) is -8.60. The summed E-state index contributed by atoms with van der Waals surface area (Å²) in [6, 6.07) is 23.2. The normalized spacial score (nSPS) is 18.7. The van der Waals surface area contributed by atoms with Gasteiger partial charge in [-0.15, -0.1) is 0 Å². The van der Waals surface area contributed by atoms with Crippen LogP contribution in [0.1, 0.15) is 56.6 Å². The van der Waals surface area contributed by atoms with Crippen molar-refractivity contribution in [1.29, 1.82) is 0 Å². The van der Waals surface area contributed by atoms with Gasteiger partial charge in [-0.2, -0.15) is 8.61 Å². The van der Waals surface area contributed by atoms with Crippen molar-refractivity contribution in [3.05, 3.63) is 129 Å². The molecule has 4 aromatic rings. The Kier molecular flexibility index (Phi) is 8.70. The van der Waals surface area contributed by atoms with Gasteiger partial charge in [0.05, 0.1) is 35.0 Å². The van der Waals surface area contributed by atoms with Crippen LogP contribution in [0.25, 0.3) is 0 Å². The maximum Gasteiger partial charge on any atom is 0.244 e. The largest absolute Gasteiger partial charge is 0.297 e. The highest BCUT2D eigenvalue weighted by molar-refractivity contribution is 7.89. The summed E-state index contributed by atoms with van der Waals surface area (Å²) in [5, 5.41) is 0. The second-order valence-electron chi connectivity index (χ2n) is 11.8. The second kappa shape index (κ2) is 12.0. The minimum Gasteiger partial charge on any atom is -0.297 e. The van der Waals surface area contributed by atoms with Gasteiger partial charge >= 0.3 is 0 Å². The Morgan fingerprint density at radius 3 is 1.11 bits per heavy atom. The zero-order valence-corrected chi connectivity index (χ0v) is 27.5. The Labute approximate surface area is 261 Å². The molecule has 4 aromatic carbocycles. The molecule has 2 atom stereocenters. The Hall–Kier alpha value is -3.63. The van der Waals surface area contributed by atoms with E-state index in [0.717, 1.165) is 11.1 Å². The first-order valence-electron chi connectivity index (χ1n) is 14.5. The number of carbonyl (C=O) groups is 1. The van der Waals surface area contributed by atoms with Gasteiger partial charge in [-0.05, 0) is 74.9 Å². The van der Waals surface area contributed by atoms with Crippen molar-refractivity contribution in [2.45, 2.75) is 63.4 Å². The Bertz CT molecular complexity index is 1750. The van der Waals surface area contributed by atoms with E-state index in [4.69, 9.17) is 0 Å². The zero-order valence-electron chi connectivity index (χ0n) is 25.9. The van der Waals surface area contributed by atoms with Crippen LogP contribution in [0.3, 0.4) is 0 Å². The highest BCUT2D eigenvalue weighted by Gasteiger charge is 2.49. The molecule has 0 bridgehead atoms. The third kappa shape index (κ3) is 5.77. The van der Waals surface area contributed by atoms with Crippen LogP contribution in [-0.2, 0) is 24.8 Å². The lowest BCUT2D eigenvalue weighted by atomic mass is 9.93. The molecule has 1 aliphatic heterocycles. The number of ketones is 1. The number of rotatable bonds is 6. The monoisotopic (exact) mass is 630 g/mol. The van der Waals surface area contributed by atoms with Gasteiger partial charge in [-0.1, -0.05) is 96.1 Å². The Balaban J connectivity index is 1.84. The highest BCUT2D eigenvalue weighted by Crippen LogP contribution is 2.46. The molecule has 230 valence electrons. The molecule has 0 aromatic heterocycles. The van der Waals surface area contributed by atoms with E-state index in [0.29, 0.717) is 33.4 Å². The summed E-state index contributed by atoms with van der Waals surface area (Å²) in [5.41, 5.74) is 5.28. The molecule has 7 nitrogen and oxygen atoms in total. The van der Waals surface area contributed by atoms with Crippen molar-refractivity contribution < 1.29 is 21.6 Å². The zero-order chi connectivity index (χ0) is 32.0. The van der Waals surface area contributed by atoms with Crippen LogP contribution >= 0.6 is 0 Å². The third-order valence-corrected chi connectivity index (χ3v) is 12.5. The third-order valence-electron chi connectivity index (χ3n) is 8.21. The molecule has 1 saturated heterocycles. The van der Waals surface area contributed by atoms with Gasteiger partial charge in [-0.3, -0.25) is 4.79 Å². The summed E-state index contributed by atoms with van der Waals surface area (Å²) in [6.07, 6.45) is 0. The number of hydrogen-bond donors (Lipinski definition) is 0. The quantitative estimate of drug-likeness (QED) is 0.250. The number of Topliss-reactive ketones (excluding diaryl/α,β-unsaturated/α-hetero) is 1. The van der Waals surface area contributed by atoms with Crippen molar-refractivity contribution in [3.8, 4) is 0 Å². The van der Waals surface area contributed by atoms with E-state index in [1.54, 1.807) is 76.2 Å². The topological polar surface area (TPSA) is 91.8 Å². The van der Waals surface area contributed by atoms with E-state index in [2.05, 4.69) is 0 Å².